The zero-order valence-electron chi connectivity index (χ0n) is 13.3. The molecule has 0 saturated heterocycles. The number of nitrogens with one attached hydrogen (secondary N) is 1. The molecule has 0 fully saturated rings. The van der Waals surface area contributed by atoms with E-state index in [9.17, 15) is 23.7 Å². The summed E-state index contributed by atoms with van der Waals surface area (Å²) < 4.78 is 34.2. The molecule has 0 atom stereocenters. The van der Waals surface area contributed by atoms with Crippen LogP contribution in [0.4, 0.5) is 25.8 Å². The molecular weight excluding hydrogens is 338 g/mol. The van der Waals surface area contributed by atoms with Gasteiger partial charge in [-0.25, -0.2) is 0 Å². The number of nitro groups is 1. The fourth-order valence-corrected chi connectivity index (χ4v) is 2.11. The number of carbonyl (C=O) groups excluding carboxylic acids is 1. The summed E-state index contributed by atoms with van der Waals surface area (Å²) in [5.74, 6) is -0.440. The summed E-state index contributed by atoms with van der Waals surface area (Å²) in [6, 6.07) is 8.04. The monoisotopic (exact) mass is 352 g/mol. The highest BCUT2D eigenvalue weighted by Crippen LogP contribution is 2.34. The minimum absolute atomic E-state index is 0.0901. The van der Waals surface area contributed by atoms with Gasteiger partial charge in [-0.1, -0.05) is 0 Å². The maximum atomic E-state index is 12.5. The van der Waals surface area contributed by atoms with E-state index in [4.69, 9.17) is 4.74 Å². The Morgan fingerprint density at radius 3 is 2.48 bits per heavy atom. The standard InChI is InChI=1S/C16H14F2N2O5/c1-9(21)10-3-5-12(13(7-10)20(22)23)19-11-4-6-14(24-2)15(8-11)25-16(17)18/h3-8,16,19H,1-2H3. The van der Waals surface area contributed by atoms with E-state index in [0.29, 0.717) is 0 Å². The average molecular weight is 352 g/mol. The summed E-state index contributed by atoms with van der Waals surface area (Å²) in [6.07, 6.45) is 0. The molecule has 0 amide bonds. The van der Waals surface area contributed by atoms with E-state index in [1.54, 1.807) is 0 Å². The molecule has 0 aliphatic carbocycles. The van der Waals surface area contributed by atoms with Gasteiger partial charge in [-0.05, 0) is 31.2 Å². The molecule has 0 spiro atoms. The number of anilines is 2. The first kappa shape index (κ1) is 18.1. The number of hydrogen-bond donors (Lipinski definition) is 1. The minimum Gasteiger partial charge on any atom is -0.493 e. The summed E-state index contributed by atoms with van der Waals surface area (Å²) in [5, 5.41) is 14.0. The van der Waals surface area contributed by atoms with Crippen LogP contribution in [-0.4, -0.2) is 24.4 Å². The van der Waals surface area contributed by atoms with Crippen LogP contribution >= 0.6 is 0 Å². The number of Topliss-reactive ketones (excluding diaryl/α,β-unsaturated/α-hetero) is 1. The lowest BCUT2D eigenvalue weighted by Crippen LogP contribution is -2.04. The van der Waals surface area contributed by atoms with Gasteiger partial charge < -0.3 is 14.8 Å². The first-order valence-electron chi connectivity index (χ1n) is 7.01. The van der Waals surface area contributed by atoms with Gasteiger partial charge in [0.15, 0.2) is 17.3 Å². The number of nitro benzene ring substituents is 1. The molecule has 25 heavy (non-hydrogen) atoms. The molecule has 2 aromatic carbocycles. The molecular formula is C16H14F2N2O5. The summed E-state index contributed by atoms with van der Waals surface area (Å²) in [4.78, 5) is 21.9. The summed E-state index contributed by atoms with van der Waals surface area (Å²) in [7, 11) is 1.30. The molecule has 2 rings (SSSR count). The Hall–Kier alpha value is -3.23. The van der Waals surface area contributed by atoms with Crippen molar-refractivity contribution < 1.29 is 28.0 Å². The quantitative estimate of drug-likeness (QED) is 0.457. The molecule has 0 aliphatic rings. The lowest BCUT2D eigenvalue weighted by Gasteiger charge is -2.13. The Balaban J connectivity index is 2.39. The van der Waals surface area contributed by atoms with Crippen LogP contribution in [0.1, 0.15) is 17.3 Å². The molecule has 0 aliphatic heterocycles. The molecule has 0 bridgehead atoms. The van der Waals surface area contributed by atoms with Gasteiger partial charge in [0.1, 0.15) is 5.69 Å². The van der Waals surface area contributed by atoms with E-state index in [0.717, 1.165) is 6.07 Å². The number of ether oxygens (including phenoxy) is 2. The maximum absolute atomic E-state index is 12.5. The van der Waals surface area contributed by atoms with Gasteiger partial charge in [-0.3, -0.25) is 14.9 Å². The number of nitrogens with zero attached hydrogens (tertiary/aromatic N) is 1. The van der Waals surface area contributed by atoms with Crippen LogP contribution in [0.2, 0.25) is 0 Å². The Kier molecular flexibility index (Phi) is 5.48. The van der Waals surface area contributed by atoms with Crippen LogP contribution in [0.25, 0.3) is 0 Å². The van der Waals surface area contributed by atoms with Crippen molar-refractivity contribution in [1.29, 1.82) is 0 Å². The molecule has 2 aromatic rings. The number of carbonyl (C=O) groups is 1. The third-order valence-corrected chi connectivity index (χ3v) is 3.26. The third-order valence-electron chi connectivity index (χ3n) is 3.26. The van der Waals surface area contributed by atoms with Crippen LogP contribution in [0.3, 0.4) is 0 Å². The van der Waals surface area contributed by atoms with Gasteiger partial charge in [0.2, 0.25) is 0 Å². The fourth-order valence-electron chi connectivity index (χ4n) is 2.11. The molecule has 7 nitrogen and oxygen atoms in total. The number of alkyl halides is 2. The van der Waals surface area contributed by atoms with Crippen molar-refractivity contribution in [2.45, 2.75) is 13.5 Å². The van der Waals surface area contributed by atoms with E-state index in [2.05, 4.69) is 10.1 Å². The van der Waals surface area contributed by atoms with Gasteiger partial charge >= 0.3 is 6.61 Å². The van der Waals surface area contributed by atoms with Crippen molar-refractivity contribution in [2.75, 3.05) is 12.4 Å². The molecule has 0 aromatic heterocycles. The summed E-state index contributed by atoms with van der Waals surface area (Å²) in [5.41, 5.74) is 0.242. The average Bonchev–Trinajstić information content (AvgIpc) is 2.54. The van der Waals surface area contributed by atoms with Gasteiger partial charge in [-0.2, -0.15) is 8.78 Å². The first-order valence-corrected chi connectivity index (χ1v) is 7.01. The minimum atomic E-state index is -3.05. The first-order chi connectivity index (χ1) is 11.8. The smallest absolute Gasteiger partial charge is 0.387 e. The molecule has 0 heterocycles. The number of hydrogen-bond acceptors (Lipinski definition) is 6. The zero-order valence-corrected chi connectivity index (χ0v) is 13.3. The van der Waals surface area contributed by atoms with Gasteiger partial charge in [0.25, 0.3) is 5.69 Å². The predicted octanol–water partition coefficient (Wildman–Crippen LogP) is 4.15. The van der Waals surface area contributed by atoms with Crippen molar-refractivity contribution >= 4 is 22.8 Å². The normalized spacial score (nSPS) is 10.4. The molecule has 0 unspecified atom stereocenters. The van der Waals surface area contributed by atoms with Crippen molar-refractivity contribution in [2.24, 2.45) is 0 Å². The summed E-state index contributed by atoms with van der Waals surface area (Å²) in [6.45, 7) is -1.75. The number of benzene rings is 2. The second-order valence-electron chi connectivity index (χ2n) is 4.91. The second-order valence-corrected chi connectivity index (χ2v) is 4.91. The highest BCUT2D eigenvalue weighted by atomic mass is 19.3. The SMILES string of the molecule is COc1ccc(Nc2ccc(C(C)=O)cc2[N+](=O)[O-])cc1OC(F)F. The van der Waals surface area contributed by atoms with Gasteiger partial charge in [0.05, 0.1) is 12.0 Å². The van der Waals surface area contributed by atoms with E-state index in [1.807, 2.05) is 0 Å². The van der Waals surface area contributed by atoms with Crippen molar-refractivity contribution in [1.82, 2.24) is 0 Å². The Morgan fingerprint density at radius 2 is 1.92 bits per heavy atom. The zero-order chi connectivity index (χ0) is 18.6. The largest absolute Gasteiger partial charge is 0.493 e. The van der Waals surface area contributed by atoms with Crippen LogP contribution in [0, 0.1) is 10.1 Å². The van der Waals surface area contributed by atoms with Crippen LogP contribution in [-0.2, 0) is 0 Å². The number of halogens is 2. The highest BCUT2D eigenvalue weighted by molar-refractivity contribution is 5.95. The Bertz CT molecular complexity index is 811. The van der Waals surface area contributed by atoms with Crippen LogP contribution in [0.5, 0.6) is 11.5 Å². The molecule has 0 radical (unpaired) electrons. The molecule has 9 heteroatoms. The van der Waals surface area contributed by atoms with Crippen LogP contribution in [0.15, 0.2) is 36.4 Å². The molecule has 1 N–H and O–H groups in total. The van der Waals surface area contributed by atoms with Crippen molar-refractivity contribution in [3.63, 3.8) is 0 Å². The van der Waals surface area contributed by atoms with Gasteiger partial charge in [0, 0.05) is 23.4 Å². The Morgan fingerprint density at radius 1 is 1.20 bits per heavy atom. The molecule has 132 valence electrons. The lowest BCUT2D eigenvalue weighted by molar-refractivity contribution is -0.383. The number of rotatable bonds is 7. The fraction of sp³-hybridized carbons (Fsp3) is 0.188. The van der Waals surface area contributed by atoms with Crippen molar-refractivity contribution in [3.05, 3.63) is 52.1 Å². The van der Waals surface area contributed by atoms with Gasteiger partial charge in [-0.15, -0.1) is 0 Å². The lowest BCUT2D eigenvalue weighted by atomic mass is 10.1. The van der Waals surface area contributed by atoms with E-state index < -0.39 is 11.5 Å². The number of methoxy groups -OCH3 is 1. The number of ketones is 1. The second kappa shape index (κ2) is 7.56. The van der Waals surface area contributed by atoms with Crippen LogP contribution < -0.4 is 14.8 Å². The maximum Gasteiger partial charge on any atom is 0.387 e. The Labute approximate surface area is 141 Å². The predicted molar refractivity (Wildman–Crippen MR) is 86.0 cm³/mol. The van der Waals surface area contributed by atoms with Crippen molar-refractivity contribution in [3.8, 4) is 11.5 Å². The van der Waals surface area contributed by atoms with E-state index >= 15 is 0 Å². The van der Waals surface area contributed by atoms with E-state index in [1.165, 1.54) is 44.4 Å². The molecule has 0 saturated carbocycles. The third kappa shape index (κ3) is 4.40. The highest BCUT2D eigenvalue weighted by Gasteiger charge is 2.17. The topological polar surface area (TPSA) is 90.7 Å². The summed E-state index contributed by atoms with van der Waals surface area (Å²) >= 11 is 0. The van der Waals surface area contributed by atoms with E-state index in [-0.39, 0.29) is 39.9 Å².